The van der Waals surface area contributed by atoms with E-state index in [9.17, 15) is 41.7 Å². The first-order valence-corrected chi connectivity index (χ1v) is 7.67. The smallest absolute Gasteiger partial charge is 0.516 e. The first kappa shape index (κ1) is 17.3. The van der Waals surface area contributed by atoms with Gasteiger partial charge < -0.3 is 20.1 Å². The second-order valence-corrected chi connectivity index (χ2v) is 6.80. The zero-order chi connectivity index (χ0) is 17.7. The summed E-state index contributed by atoms with van der Waals surface area (Å²) in [7, 11) is -5.64. The van der Waals surface area contributed by atoms with Crippen LogP contribution in [0.3, 0.4) is 0 Å². The van der Waals surface area contributed by atoms with E-state index in [0.717, 1.165) is 6.07 Å². The number of rotatable bonds is 3. The number of carbonyl (C=O) groups excluding carboxylic acids is 1. The standard InChI is InChI=1S/C12H12F3NO6S/c1-5-4-7-6(9(17)8(5)10(18)11(19)20)2-3-16(7)23(21,22)12(13,14)15/h4,10,17-18H,2-3H2,1H3,(H,19,20)/p-1/t10-/m0/s1. The Morgan fingerprint density at radius 3 is 2.48 bits per heavy atom. The Labute approximate surface area is 128 Å². The third-order valence-electron chi connectivity index (χ3n) is 3.54. The molecule has 1 aromatic carbocycles. The Balaban J connectivity index is 2.63. The average Bonchev–Trinajstić information content (AvgIpc) is 2.81. The van der Waals surface area contributed by atoms with Crippen LogP contribution in [0.25, 0.3) is 0 Å². The molecule has 0 radical (unpaired) electrons. The first-order valence-electron chi connectivity index (χ1n) is 6.23. The summed E-state index contributed by atoms with van der Waals surface area (Å²) in [4.78, 5) is 10.7. The van der Waals surface area contributed by atoms with E-state index < -0.39 is 51.1 Å². The Morgan fingerprint density at radius 1 is 1.43 bits per heavy atom. The van der Waals surface area contributed by atoms with E-state index in [1.807, 2.05) is 0 Å². The predicted octanol–water partition coefficient (Wildman–Crippen LogP) is -0.304. The van der Waals surface area contributed by atoms with Crippen molar-refractivity contribution in [2.45, 2.75) is 25.0 Å². The maximum atomic E-state index is 12.7. The number of phenols is 1. The van der Waals surface area contributed by atoms with Crippen LogP contribution in [-0.2, 0) is 21.2 Å². The number of fused-ring (bicyclic) bond motifs is 1. The van der Waals surface area contributed by atoms with Gasteiger partial charge in [-0.05, 0) is 25.0 Å². The number of phenolic OH excluding ortho intramolecular Hbond substituents is 1. The fourth-order valence-corrected chi connectivity index (χ4v) is 3.48. The van der Waals surface area contributed by atoms with Gasteiger partial charge in [0.2, 0.25) is 0 Å². The average molecular weight is 354 g/mol. The Kier molecular flexibility index (Phi) is 3.97. The monoisotopic (exact) mass is 354 g/mol. The number of aliphatic hydroxyl groups excluding tert-OH is 1. The van der Waals surface area contributed by atoms with E-state index >= 15 is 0 Å². The zero-order valence-corrected chi connectivity index (χ0v) is 12.4. The number of halogens is 3. The molecule has 7 nitrogen and oxygen atoms in total. The lowest BCUT2D eigenvalue weighted by atomic mass is 9.97. The van der Waals surface area contributed by atoms with Crippen molar-refractivity contribution in [3.63, 3.8) is 0 Å². The number of hydrogen-bond donors (Lipinski definition) is 2. The molecule has 0 unspecified atom stereocenters. The van der Waals surface area contributed by atoms with Crippen LogP contribution in [-0.4, -0.2) is 36.7 Å². The molecule has 0 bridgehead atoms. The van der Waals surface area contributed by atoms with Crippen LogP contribution >= 0.6 is 0 Å². The maximum absolute atomic E-state index is 12.7. The molecule has 0 saturated carbocycles. The number of carboxylic acid groups (broad SMARTS) is 1. The first-order chi connectivity index (χ1) is 10.4. The largest absolute Gasteiger partial charge is 0.547 e. The van der Waals surface area contributed by atoms with Crippen LogP contribution in [0.5, 0.6) is 5.75 Å². The van der Waals surface area contributed by atoms with Gasteiger partial charge in [-0.1, -0.05) is 0 Å². The van der Waals surface area contributed by atoms with Crippen LogP contribution < -0.4 is 9.41 Å². The molecular formula is C12H11F3NO6S-. The number of aliphatic carboxylic acids is 1. The highest BCUT2D eigenvalue weighted by Crippen LogP contribution is 2.44. The minimum atomic E-state index is -5.64. The number of carbonyl (C=O) groups is 1. The lowest BCUT2D eigenvalue weighted by Crippen LogP contribution is -2.39. The number of carboxylic acids is 1. The van der Waals surface area contributed by atoms with Gasteiger partial charge in [0.1, 0.15) is 11.9 Å². The molecule has 1 atom stereocenters. The van der Waals surface area contributed by atoms with Crippen LogP contribution in [0.15, 0.2) is 6.07 Å². The molecule has 1 aromatic rings. The van der Waals surface area contributed by atoms with E-state index in [2.05, 4.69) is 0 Å². The molecule has 0 saturated heterocycles. The number of aliphatic hydroxyl groups is 1. The van der Waals surface area contributed by atoms with E-state index in [4.69, 9.17) is 0 Å². The minimum absolute atomic E-state index is 0.0813. The number of aromatic hydroxyl groups is 1. The molecule has 128 valence electrons. The minimum Gasteiger partial charge on any atom is -0.547 e. The molecule has 2 N–H and O–H groups in total. The van der Waals surface area contributed by atoms with Crippen LogP contribution in [0.4, 0.5) is 18.9 Å². The van der Waals surface area contributed by atoms with Crippen molar-refractivity contribution in [1.82, 2.24) is 0 Å². The van der Waals surface area contributed by atoms with Gasteiger partial charge in [0.15, 0.2) is 0 Å². The number of aryl methyl sites for hydroxylation is 1. The van der Waals surface area contributed by atoms with Gasteiger partial charge in [0.05, 0.1) is 11.7 Å². The van der Waals surface area contributed by atoms with E-state index in [-0.39, 0.29) is 21.9 Å². The van der Waals surface area contributed by atoms with E-state index in [1.165, 1.54) is 6.92 Å². The van der Waals surface area contributed by atoms with Gasteiger partial charge in [-0.15, -0.1) is 0 Å². The topological polar surface area (TPSA) is 118 Å². The summed E-state index contributed by atoms with van der Waals surface area (Å²) < 4.78 is 61.2. The number of alkyl halides is 3. The van der Waals surface area contributed by atoms with Crippen molar-refractivity contribution in [2.24, 2.45) is 0 Å². The number of benzene rings is 1. The number of hydrogen-bond acceptors (Lipinski definition) is 6. The summed E-state index contributed by atoms with van der Waals surface area (Å²) in [5.41, 5.74) is -6.61. The number of anilines is 1. The summed E-state index contributed by atoms with van der Waals surface area (Å²) in [5.74, 6) is -2.65. The second-order valence-electron chi connectivity index (χ2n) is 4.95. The number of sulfonamides is 1. The molecule has 11 heteroatoms. The van der Waals surface area contributed by atoms with Crippen molar-refractivity contribution >= 4 is 21.7 Å². The van der Waals surface area contributed by atoms with Crippen LogP contribution in [0.2, 0.25) is 0 Å². The second kappa shape index (κ2) is 5.27. The third kappa shape index (κ3) is 2.59. The molecule has 1 aliphatic heterocycles. The van der Waals surface area contributed by atoms with Crippen molar-refractivity contribution in [3.05, 3.63) is 22.8 Å². The molecular weight excluding hydrogens is 343 g/mol. The van der Waals surface area contributed by atoms with Crippen LogP contribution in [0.1, 0.15) is 22.8 Å². The van der Waals surface area contributed by atoms with Gasteiger partial charge in [0, 0.05) is 17.7 Å². The van der Waals surface area contributed by atoms with Crippen molar-refractivity contribution in [2.75, 3.05) is 10.8 Å². The summed E-state index contributed by atoms with van der Waals surface area (Å²) >= 11 is 0. The highest BCUT2D eigenvalue weighted by Gasteiger charge is 2.52. The van der Waals surface area contributed by atoms with Gasteiger partial charge in [-0.25, -0.2) is 0 Å². The molecule has 0 amide bonds. The molecule has 1 heterocycles. The Bertz CT molecular complexity index is 774. The van der Waals surface area contributed by atoms with Gasteiger partial charge in [-0.2, -0.15) is 21.6 Å². The summed E-state index contributed by atoms with van der Waals surface area (Å²) in [6.07, 6.45) is -2.45. The molecule has 0 spiro atoms. The van der Waals surface area contributed by atoms with Crippen molar-refractivity contribution < 1.29 is 41.7 Å². The Hall–Kier alpha value is -2.01. The predicted molar refractivity (Wildman–Crippen MR) is 68.8 cm³/mol. The highest BCUT2D eigenvalue weighted by molar-refractivity contribution is 7.93. The molecule has 23 heavy (non-hydrogen) atoms. The van der Waals surface area contributed by atoms with Crippen molar-refractivity contribution in [1.29, 1.82) is 0 Å². The quantitative estimate of drug-likeness (QED) is 0.769. The fraction of sp³-hybridized carbons (Fsp3) is 0.417. The normalized spacial score (nSPS) is 16.3. The summed E-state index contributed by atoms with van der Waals surface area (Å²) in [6, 6.07) is 0.979. The molecule has 0 aromatic heterocycles. The summed E-state index contributed by atoms with van der Waals surface area (Å²) in [5, 5.41) is 30.3. The summed E-state index contributed by atoms with van der Waals surface area (Å²) in [6.45, 7) is 0.660. The fourth-order valence-electron chi connectivity index (χ4n) is 2.48. The molecule has 0 fully saturated rings. The van der Waals surface area contributed by atoms with Crippen LogP contribution in [0, 0.1) is 6.92 Å². The van der Waals surface area contributed by atoms with Crippen molar-refractivity contribution in [3.8, 4) is 5.75 Å². The lowest BCUT2D eigenvalue weighted by Gasteiger charge is -2.23. The zero-order valence-electron chi connectivity index (χ0n) is 11.6. The van der Waals surface area contributed by atoms with Gasteiger partial charge in [0.25, 0.3) is 0 Å². The molecule has 2 rings (SSSR count). The van der Waals surface area contributed by atoms with E-state index in [0.29, 0.717) is 0 Å². The lowest BCUT2D eigenvalue weighted by molar-refractivity contribution is -0.315. The maximum Gasteiger partial charge on any atom is 0.516 e. The van der Waals surface area contributed by atoms with Gasteiger partial charge >= 0.3 is 15.5 Å². The highest BCUT2D eigenvalue weighted by atomic mass is 32.2. The number of nitrogens with zero attached hydrogens (tertiary/aromatic N) is 1. The van der Waals surface area contributed by atoms with Gasteiger partial charge in [-0.3, -0.25) is 4.31 Å². The molecule has 1 aliphatic rings. The molecule has 0 aliphatic carbocycles. The van der Waals surface area contributed by atoms with E-state index in [1.54, 1.807) is 0 Å². The SMILES string of the molecule is Cc1cc2c(c(O)c1[C@H](O)C(=O)[O-])CCN2S(=O)(=O)C(F)(F)F. The Morgan fingerprint density at radius 2 is 2.00 bits per heavy atom. The third-order valence-corrected chi connectivity index (χ3v) is 5.09.